The molecular weight excluding hydrogens is 320 g/mol. The highest BCUT2D eigenvalue weighted by Crippen LogP contribution is 2.53. The maximum absolute atomic E-state index is 12.8. The smallest absolute Gasteiger partial charge is 0.306 e. The van der Waals surface area contributed by atoms with Crippen LogP contribution in [-0.2, 0) is 14.3 Å². The van der Waals surface area contributed by atoms with Crippen LogP contribution in [0, 0.1) is 17.8 Å². The molecule has 24 heavy (non-hydrogen) atoms. The van der Waals surface area contributed by atoms with Crippen molar-refractivity contribution in [1.82, 2.24) is 0 Å². The Labute approximate surface area is 151 Å². The first-order chi connectivity index (χ1) is 11.7. The van der Waals surface area contributed by atoms with E-state index in [2.05, 4.69) is 6.92 Å². The Balaban J connectivity index is 1.76. The fourth-order valence-corrected chi connectivity index (χ4v) is 6.16. The van der Waals surface area contributed by atoms with Gasteiger partial charge in [-0.15, -0.1) is 0 Å². The first kappa shape index (κ1) is 19.8. The summed E-state index contributed by atoms with van der Waals surface area (Å²) in [6, 6.07) is 0. The second kappa shape index (κ2) is 10.5. The third kappa shape index (κ3) is 5.50. The van der Waals surface area contributed by atoms with Crippen LogP contribution in [0.4, 0.5) is 0 Å². The molecule has 2 bridgehead atoms. The summed E-state index contributed by atoms with van der Waals surface area (Å²) >= 11 is 1.86. The van der Waals surface area contributed by atoms with Crippen LogP contribution in [0.3, 0.4) is 0 Å². The second-order valence-electron chi connectivity index (χ2n) is 7.38. The zero-order valence-electron chi connectivity index (χ0n) is 15.4. The van der Waals surface area contributed by atoms with E-state index >= 15 is 0 Å². The number of esters is 1. The van der Waals surface area contributed by atoms with Crippen LogP contribution >= 0.6 is 11.8 Å². The number of hydrogen-bond donors (Lipinski definition) is 0. The predicted octanol–water partition coefficient (Wildman–Crippen LogP) is 5.02. The van der Waals surface area contributed by atoms with Crippen molar-refractivity contribution >= 4 is 23.5 Å². The van der Waals surface area contributed by atoms with Crippen molar-refractivity contribution in [3.63, 3.8) is 0 Å². The molecular formula is C20H34O3S. The molecule has 4 atom stereocenters. The topological polar surface area (TPSA) is 43.4 Å². The molecule has 0 aromatic heterocycles. The number of ether oxygens (including phenoxy) is 1. The minimum absolute atomic E-state index is 0.105. The normalized spacial score (nSPS) is 28.2. The molecule has 0 aromatic carbocycles. The van der Waals surface area contributed by atoms with Gasteiger partial charge in [0, 0.05) is 23.3 Å². The van der Waals surface area contributed by atoms with Crippen LogP contribution in [-0.4, -0.2) is 29.4 Å². The molecule has 0 spiro atoms. The van der Waals surface area contributed by atoms with Crippen LogP contribution in [0.5, 0.6) is 0 Å². The molecule has 138 valence electrons. The molecule has 2 fully saturated rings. The Morgan fingerprint density at radius 2 is 1.75 bits per heavy atom. The van der Waals surface area contributed by atoms with E-state index in [-0.39, 0.29) is 11.9 Å². The third-order valence-corrected chi connectivity index (χ3v) is 7.16. The van der Waals surface area contributed by atoms with Gasteiger partial charge in [-0.05, 0) is 44.4 Å². The second-order valence-corrected chi connectivity index (χ2v) is 8.67. The van der Waals surface area contributed by atoms with E-state index in [0.717, 1.165) is 18.6 Å². The van der Waals surface area contributed by atoms with E-state index in [0.29, 0.717) is 35.9 Å². The zero-order valence-corrected chi connectivity index (χ0v) is 16.2. The van der Waals surface area contributed by atoms with Gasteiger partial charge >= 0.3 is 5.97 Å². The average Bonchev–Trinajstić information content (AvgIpc) is 3.16. The highest BCUT2D eigenvalue weighted by Gasteiger charge is 2.50. The van der Waals surface area contributed by atoms with E-state index in [1.807, 2.05) is 18.7 Å². The molecule has 0 heterocycles. The summed E-state index contributed by atoms with van der Waals surface area (Å²) in [5.74, 6) is 2.79. The van der Waals surface area contributed by atoms with E-state index in [1.54, 1.807) is 0 Å². The van der Waals surface area contributed by atoms with Gasteiger partial charge in [0.1, 0.15) is 5.78 Å². The van der Waals surface area contributed by atoms with Gasteiger partial charge in [0.15, 0.2) is 0 Å². The number of fused-ring (bicyclic) bond motifs is 2. The van der Waals surface area contributed by atoms with Crippen LogP contribution < -0.4 is 0 Å². The highest BCUT2D eigenvalue weighted by molar-refractivity contribution is 8.00. The van der Waals surface area contributed by atoms with Crippen LogP contribution in [0.15, 0.2) is 0 Å². The summed E-state index contributed by atoms with van der Waals surface area (Å²) in [5, 5.41) is 0.460. The van der Waals surface area contributed by atoms with Crippen LogP contribution in [0.25, 0.3) is 0 Å². The van der Waals surface area contributed by atoms with E-state index in [4.69, 9.17) is 4.74 Å². The summed E-state index contributed by atoms with van der Waals surface area (Å²) in [7, 11) is 0. The summed E-state index contributed by atoms with van der Waals surface area (Å²) in [6.07, 6.45) is 11.1. The summed E-state index contributed by atoms with van der Waals surface area (Å²) in [5.41, 5.74) is 0. The molecule has 0 amide bonds. The standard InChI is InChI=1S/C20H34O3S/c1-3-5-6-7-8-9-17(21)19-15-10-11-16(14-15)20(19)24-13-12-18(22)23-4-2/h15-16,19-20H,3-14H2,1-2H3. The van der Waals surface area contributed by atoms with Gasteiger partial charge in [0.25, 0.3) is 0 Å². The van der Waals surface area contributed by atoms with Gasteiger partial charge in [-0.25, -0.2) is 0 Å². The number of hydrogen-bond acceptors (Lipinski definition) is 4. The lowest BCUT2D eigenvalue weighted by molar-refractivity contribution is -0.142. The minimum Gasteiger partial charge on any atom is -0.466 e. The van der Waals surface area contributed by atoms with Gasteiger partial charge in [-0.3, -0.25) is 9.59 Å². The van der Waals surface area contributed by atoms with Crippen molar-refractivity contribution in [2.75, 3.05) is 12.4 Å². The predicted molar refractivity (Wildman–Crippen MR) is 100 cm³/mol. The van der Waals surface area contributed by atoms with E-state index in [9.17, 15) is 9.59 Å². The monoisotopic (exact) mass is 354 g/mol. The number of ketones is 1. The molecule has 0 saturated heterocycles. The van der Waals surface area contributed by atoms with E-state index in [1.165, 1.54) is 44.9 Å². The summed E-state index contributed by atoms with van der Waals surface area (Å²) in [4.78, 5) is 24.3. The zero-order chi connectivity index (χ0) is 17.4. The quantitative estimate of drug-likeness (QED) is 0.365. The van der Waals surface area contributed by atoms with Crippen molar-refractivity contribution in [2.24, 2.45) is 17.8 Å². The number of carbonyl (C=O) groups excluding carboxylic acids is 2. The molecule has 2 aliphatic carbocycles. The molecule has 2 rings (SSSR count). The van der Waals surface area contributed by atoms with Crippen molar-refractivity contribution < 1.29 is 14.3 Å². The molecule has 4 unspecified atom stereocenters. The molecule has 0 radical (unpaired) electrons. The van der Waals surface area contributed by atoms with Gasteiger partial charge in [0.2, 0.25) is 0 Å². The summed E-state index contributed by atoms with van der Waals surface area (Å²) in [6.45, 7) is 4.52. The van der Waals surface area contributed by atoms with Gasteiger partial charge in [-0.2, -0.15) is 11.8 Å². The third-order valence-electron chi connectivity index (χ3n) is 5.66. The number of Topliss-reactive ketones (excluding diaryl/α,β-unsaturated/α-hetero) is 1. The molecule has 4 heteroatoms. The highest BCUT2D eigenvalue weighted by atomic mass is 32.2. The molecule has 2 saturated carbocycles. The molecule has 0 N–H and O–H groups in total. The Kier molecular flexibility index (Phi) is 8.65. The van der Waals surface area contributed by atoms with E-state index < -0.39 is 0 Å². The van der Waals surface area contributed by atoms with Gasteiger partial charge in [0.05, 0.1) is 13.0 Å². The Hall–Kier alpha value is -0.510. The summed E-state index contributed by atoms with van der Waals surface area (Å²) < 4.78 is 5.01. The Morgan fingerprint density at radius 1 is 1.00 bits per heavy atom. The molecule has 2 aliphatic rings. The molecule has 0 aromatic rings. The van der Waals surface area contributed by atoms with Crippen molar-refractivity contribution in [1.29, 1.82) is 0 Å². The van der Waals surface area contributed by atoms with Crippen LogP contribution in [0.1, 0.15) is 78.1 Å². The minimum atomic E-state index is -0.105. The maximum Gasteiger partial charge on any atom is 0.306 e. The van der Waals surface area contributed by atoms with Crippen molar-refractivity contribution in [2.45, 2.75) is 83.3 Å². The number of rotatable bonds is 12. The lowest BCUT2D eigenvalue weighted by Gasteiger charge is -2.29. The van der Waals surface area contributed by atoms with Gasteiger partial charge in [-0.1, -0.05) is 32.6 Å². The fourth-order valence-electron chi connectivity index (χ4n) is 4.51. The maximum atomic E-state index is 12.8. The van der Waals surface area contributed by atoms with Crippen LogP contribution in [0.2, 0.25) is 0 Å². The lowest BCUT2D eigenvalue weighted by atomic mass is 9.83. The number of carbonyl (C=O) groups is 2. The first-order valence-corrected chi connectivity index (χ1v) is 11.0. The van der Waals surface area contributed by atoms with Crippen molar-refractivity contribution in [3.05, 3.63) is 0 Å². The van der Waals surface area contributed by atoms with Crippen molar-refractivity contribution in [3.8, 4) is 0 Å². The first-order valence-electron chi connectivity index (χ1n) is 9.97. The molecule has 0 aliphatic heterocycles. The SMILES string of the molecule is CCCCCCCC(=O)C1C2CCC(C2)C1SCCC(=O)OCC. The average molecular weight is 355 g/mol. The fraction of sp³-hybridized carbons (Fsp3) is 0.900. The largest absolute Gasteiger partial charge is 0.466 e. The number of thioether (sulfide) groups is 1. The Morgan fingerprint density at radius 3 is 2.50 bits per heavy atom. The molecule has 3 nitrogen and oxygen atoms in total. The number of unbranched alkanes of at least 4 members (excludes halogenated alkanes) is 4. The van der Waals surface area contributed by atoms with Gasteiger partial charge < -0.3 is 4.74 Å². The Bertz CT molecular complexity index is 410. The lowest BCUT2D eigenvalue weighted by Crippen LogP contribution is -2.32.